The molecule has 6 heteroatoms. The number of hydrogen-bond acceptors (Lipinski definition) is 4. The topological polar surface area (TPSA) is 67.4 Å². The molecule has 0 aromatic carbocycles. The van der Waals surface area contributed by atoms with Crippen LogP contribution in [0.3, 0.4) is 0 Å². The minimum atomic E-state index is -0.0463. The van der Waals surface area contributed by atoms with E-state index in [1.807, 2.05) is 11.8 Å². The number of aryl methyl sites for hydroxylation is 1. The third kappa shape index (κ3) is 2.64. The fourth-order valence-electron chi connectivity index (χ4n) is 2.16. The molecule has 0 bridgehead atoms. The largest absolute Gasteiger partial charge is 0.396 e. The maximum absolute atomic E-state index is 12.4. The quantitative estimate of drug-likeness (QED) is 0.819. The lowest BCUT2D eigenvalue weighted by atomic mass is 10.3. The van der Waals surface area contributed by atoms with Gasteiger partial charge < -0.3 is 15.5 Å². The summed E-state index contributed by atoms with van der Waals surface area (Å²) in [5, 5.41) is 4.24. The molecule has 0 spiro atoms. The maximum Gasteiger partial charge on any atom is 0.276 e. The van der Waals surface area contributed by atoms with Crippen LogP contribution >= 0.6 is 0 Å². The first-order chi connectivity index (χ1) is 8.61. The molecule has 18 heavy (non-hydrogen) atoms. The van der Waals surface area contributed by atoms with Crippen molar-refractivity contribution >= 4 is 11.6 Å². The molecule has 0 atom stereocenters. The molecule has 100 valence electrons. The highest BCUT2D eigenvalue weighted by molar-refractivity contribution is 5.97. The summed E-state index contributed by atoms with van der Waals surface area (Å²) in [7, 11) is 2.08. The van der Waals surface area contributed by atoms with E-state index < -0.39 is 0 Å². The van der Waals surface area contributed by atoms with E-state index in [1.54, 1.807) is 10.9 Å². The second-order valence-corrected chi connectivity index (χ2v) is 4.74. The van der Waals surface area contributed by atoms with Crippen LogP contribution in [-0.2, 0) is 6.54 Å². The first-order valence-electron chi connectivity index (χ1n) is 6.42. The van der Waals surface area contributed by atoms with Crippen molar-refractivity contribution in [2.75, 3.05) is 39.0 Å². The van der Waals surface area contributed by atoms with E-state index in [0.717, 1.165) is 39.1 Å². The van der Waals surface area contributed by atoms with Gasteiger partial charge in [-0.15, -0.1) is 0 Å². The van der Waals surface area contributed by atoms with Crippen LogP contribution in [0.1, 0.15) is 23.8 Å². The highest BCUT2D eigenvalue weighted by Gasteiger charge is 2.23. The zero-order chi connectivity index (χ0) is 13.1. The van der Waals surface area contributed by atoms with E-state index in [4.69, 9.17) is 5.73 Å². The summed E-state index contributed by atoms with van der Waals surface area (Å²) in [5.41, 5.74) is 6.71. The summed E-state index contributed by atoms with van der Waals surface area (Å²) >= 11 is 0. The van der Waals surface area contributed by atoms with E-state index in [-0.39, 0.29) is 5.91 Å². The van der Waals surface area contributed by atoms with Crippen LogP contribution in [0.25, 0.3) is 0 Å². The Morgan fingerprint density at radius 1 is 1.39 bits per heavy atom. The van der Waals surface area contributed by atoms with Gasteiger partial charge in [0.05, 0.1) is 5.69 Å². The van der Waals surface area contributed by atoms with Gasteiger partial charge in [0.2, 0.25) is 0 Å². The summed E-state index contributed by atoms with van der Waals surface area (Å²) in [6, 6.07) is 0. The molecule has 2 rings (SSSR count). The molecule has 1 amide bonds. The summed E-state index contributed by atoms with van der Waals surface area (Å²) in [5.74, 6) is -0.0463. The van der Waals surface area contributed by atoms with Crippen LogP contribution in [0.2, 0.25) is 0 Å². The lowest BCUT2D eigenvalue weighted by Crippen LogP contribution is -2.35. The van der Waals surface area contributed by atoms with Gasteiger partial charge >= 0.3 is 0 Å². The Labute approximate surface area is 107 Å². The standard InChI is InChI=1S/C12H21N5O/c1-3-17-9-10(13)11(14-17)12(18)16-6-4-5-15(2)7-8-16/h9H,3-8,13H2,1-2H3. The molecule has 2 N–H and O–H groups in total. The van der Waals surface area contributed by atoms with E-state index in [2.05, 4.69) is 17.0 Å². The van der Waals surface area contributed by atoms with Crippen LogP contribution in [0.15, 0.2) is 6.20 Å². The van der Waals surface area contributed by atoms with Gasteiger partial charge in [-0.3, -0.25) is 9.48 Å². The third-order valence-corrected chi connectivity index (χ3v) is 3.32. The lowest BCUT2D eigenvalue weighted by Gasteiger charge is -2.19. The molecule has 0 saturated carbocycles. The number of hydrogen-bond donors (Lipinski definition) is 1. The first-order valence-corrected chi connectivity index (χ1v) is 6.42. The van der Waals surface area contributed by atoms with Crippen LogP contribution in [0, 0.1) is 0 Å². The SMILES string of the molecule is CCn1cc(N)c(C(=O)N2CCCN(C)CC2)n1. The van der Waals surface area contributed by atoms with E-state index in [9.17, 15) is 4.79 Å². The molecule has 1 aromatic heterocycles. The molecular weight excluding hydrogens is 230 g/mol. The number of carbonyl (C=O) groups is 1. The van der Waals surface area contributed by atoms with Crippen LogP contribution < -0.4 is 5.73 Å². The Kier molecular flexibility index (Phi) is 3.86. The minimum absolute atomic E-state index is 0.0463. The summed E-state index contributed by atoms with van der Waals surface area (Å²) in [6.45, 7) is 6.15. The summed E-state index contributed by atoms with van der Waals surface area (Å²) in [4.78, 5) is 16.4. The fraction of sp³-hybridized carbons (Fsp3) is 0.667. The number of amides is 1. The maximum atomic E-state index is 12.4. The number of likely N-dealkylation sites (N-methyl/N-ethyl adjacent to an activating group) is 1. The predicted octanol–water partition coefficient (Wildman–Crippen LogP) is 0.263. The molecule has 0 radical (unpaired) electrons. The molecule has 1 aromatic rings. The van der Waals surface area contributed by atoms with Crippen molar-refractivity contribution in [2.24, 2.45) is 0 Å². The van der Waals surface area contributed by atoms with Gasteiger partial charge in [-0.2, -0.15) is 5.10 Å². The van der Waals surface area contributed by atoms with Crippen LogP contribution in [0.5, 0.6) is 0 Å². The monoisotopic (exact) mass is 251 g/mol. The average Bonchev–Trinajstić information content (AvgIpc) is 2.59. The smallest absolute Gasteiger partial charge is 0.276 e. The molecule has 1 aliphatic rings. The van der Waals surface area contributed by atoms with Gasteiger partial charge in [-0.1, -0.05) is 0 Å². The molecule has 6 nitrogen and oxygen atoms in total. The van der Waals surface area contributed by atoms with E-state index in [1.165, 1.54) is 0 Å². The first kappa shape index (κ1) is 12.9. The summed E-state index contributed by atoms with van der Waals surface area (Å²) in [6.07, 6.45) is 2.72. The Morgan fingerprint density at radius 2 is 2.17 bits per heavy atom. The Morgan fingerprint density at radius 3 is 2.83 bits per heavy atom. The Hall–Kier alpha value is -1.56. The van der Waals surface area contributed by atoms with Crippen LogP contribution in [0.4, 0.5) is 5.69 Å². The zero-order valence-corrected chi connectivity index (χ0v) is 11.1. The van der Waals surface area contributed by atoms with Crippen molar-refractivity contribution in [3.8, 4) is 0 Å². The fourth-order valence-corrected chi connectivity index (χ4v) is 2.16. The number of aromatic nitrogens is 2. The predicted molar refractivity (Wildman–Crippen MR) is 70.3 cm³/mol. The highest BCUT2D eigenvalue weighted by atomic mass is 16.2. The number of anilines is 1. The van der Waals surface area contributed by atoms with Crippen molar-refractivity contribution in [1.82, 2.24) is 19.6 Å². The molecule has 2 heterocycles. The van der Waals surface area contributed by atoms with Crippen molar-refractivity contribution < 1.29 is 4.79 Å². The molecule has 0 aliphatic carbocycles. The Bertz CT molecular complexity index is 428. The number of rotatable bonds is 2. The second-order valence-electron chi connectivity index (χ2n) is 4.74. The van der Waals surface area contributed by atoms with Crippen molar-refractivity contribution in [3.63, 3.8) is 0 Å². The normalized spacial score (nSPS) is 17.8. The molecule has 1 aliphatic heterocycles. The Balaban J connectivity index is 2.12. The van der Waals surface area contributed by atoms with Crippen molar-refractivity contribution in [1.29, 1.82) is 0 Å². The molecule has 1 fully saturated rings. The molecular formula is C12H21N5O. The van der Waals surface area contributed by atoms with Gasteiger partial charge in [0, 0.05) is 32.4 Å². The molecule has 1 saturated heterocycles. The van der Waals surface area contributed by atoms with E-state index >= 15 is 0 Å². The van der Waals surface area contributed by atoms with Gasteiger partial charge in [0.15, 0.2) is 5.69 Å². The number of nitrogens with zero attached hydrogens (tertiary/aromatic N) is 4. The van der Waals surface area contributed by atoms with Gasteiger partial charge in [-0.25, -0.2) is 0 Å². The second kappa shape index (κ2) is 5.39. The van der Waals surface area contributed by atoms with Crippen molar-refractivity contribution in [3.05, 3.63) is 11.9 Å². The van der Waals surface area contributed by atoms with Gasteiger partial charge in [0.1, 0.15) is 0 Å². The number of carbonyl (C=O) groups excluding carboxylic acids is 1. The van der Waals surface area contributed by atoms with Gasteiger partial charge in [-0.05, 0) is 26.9 Å². The zero-order valence-electron chi connectivity index (χ0n) is 11.1. The van der Waals surface area contributed by atoms with Crippen molar-refractivity contribution in [2.45, 2.75) is 19.9 Å². The minimum Gasteiger partial charge on any atom is -0.396 e. The van der Waals surface area contributed by atoms with Gasteiger partial charge in [0.25, 0.3) is 5.91 Å². The average molecular weight is 251 g/mol. The highest BCUT2D eigenvalue weighted by Crippen LogP contribution is 2.13. The third-order valence-electron chi connectivity index (χ3n) is 3.32. The summed E-state index contributed by atoms with van der Waals surface area (Å²) < 4.78 is 1.70. The lowest BCUT2D eigenvalue weighted by molar-refractivity contribution is 0.0757. The van der Waals surface area contributed by atoms with Crippen LogP contribution in [-0.4, -0.2) is 58.7 Å². The van der Waals surface area contributed by atoms with E-state index in [0.29, 0.717) is 11.4 Å². The number of nitrogens with two attached hydrogens (primary N) is 1. The molecule has 0 unspecified atom stereocenters. The number of nitrogen functional groups attached to an aromatic ring is 1.